The van der Waals surface area contributed by atoms with Gasteiger partial charge in [0.05, 0.1) is 29.8 Å². The van der Waals surface area contributed by atoms with Crippen molar-refractivity contribution in [1.29, 1.82) is 0 Å². The summed E-state index contributed by atoms with van der Waals surface area (Å²) in [5, 5.41) is 5.53. The van der Waals surface area contributed by atoms with Crippen LogP contribution < -0.4 is 5.32 Å². The fourth-order valence-electron chi connectivity index (χ4n) is 4.12. The second-order valence-electron chi connectivity index (χ2n) is 6.92. The van der Waals surface area contributed by atoms with Gasteiger partial charge in [-0.1, -0.05) is 54.6 Å². The average Bonchev–Trinajstić information content (AvgIpc) is 3.09. The third kappa shape index (κ3) is 2.33. The second-order valence-corrected chi connectivity index (χ2v) is 6.92. The molecule has 5 heteroatoms. The maximum absolute atomic E-state index is 12.8. The van der Waals surface area contributed by atoms with Crippen LogP contribution in [0.5, 0.6) is 0 Å². The number of methoxy groups -OCH3 is 1. The summed E-state index contributed by atoms with van der Waals surface area (Å²) in [5.74, 6) is 0.385. The lowest BCUT2D eigenvalue weighted by Gasteiger charge is -2.30. The van der Waals surface area contributed by atoms with Gasteiger partial charge in [-0.25, -0.2) is 9.78 Å². The van der Waals surface area contributed by atoms with Gasteiger partial charge in [-0.15, -0.1) is 0 Å². The Morgan fingerprint density at radius 2 is 1.79 bits per heavy atom. The number of nitrogens with one attached hydrogen (secondary N) is 1. The van der Waals surface area contributed by atoms with Crippen LogP contribution in [-0.2, 0) is 9.53 Å². The molecule has 0 spiro atoms. The molecule has 3 aromatic carbocycles. The van der Waals surface area contributed by atoms with Crippen LogP contribution in [0.1, 0.15) is 18.5 Å². The molecule has 5 nitrogen and oxygen atoms in total. The smallest absolute Gasteiger partial charge is 0.337 e. The molecule has 0 bridgehead atoms. The van der Waals surface area contributed by atoms with Crippen molar-refractivity contribution in [2.24, 2.45) is 0 Å². The van der Waals surface area contributed by atoms with Gasteiger partial charge in [0.25, 0.3) is 0 Å². The second kappa shape index (κ2) is 6.23. The number of fused-ring (bicyclic) bond motifs is 4. The summed E-state index contributed by atoms with van der Waals surface area (Å²) in [4.78, 5) is 17.6. The van der Waals surface area contributed by atoms with E-state index in [4.69, 9.17) is 9.72 Å². The first-order chi connectivity index (χ1) is 13.7. The highest BCUT2D eigenvalue weighted by Gasteiger charge is 2.35. The number of allylic oxidation sites excluding steroid dienone is 1. The van der Waals surface area contributed by atoms with Crippen molar-refractivity contribution >= 4 is 33.7 Å². The van der Waals surface area contributed by atoms with Gasteiger partial charge < -0.3 is 10.1 Å². The van der Waals surface area contributed by atoms with Crippen LogP contribution in [0.15, 0.2) is 78.0 Å². The first kappa shape index (κ1) is 16.6. The maximum Gasteiger partial charge on any atom is 0.337 e. The molecule has 5 rings (SSSR count). The molecule has 2 heterocycles. The van der Waals surface area contributed by atoms with Crippen molar-refractivity contribution in [3.05, 3.63) is 83.6 Å². The molecule has 1 atom stereocenters. The van der Waals surface area contributed by atoms with Crippen molar-refractivity contribution in [3.63, 3.8) is 0 Å². The van der Waals surface area contributed by atoms with Gasteiger partial charge in [-0.3, -0.25) is 4.57 Å². The van der Waals surface area contributed by atoms with Crippen LogP contribution in [0, 0.1) is 0 Å². The number of para-hydroxylation sites is 2. The van der Waals surface area contributed by atoms with E-state index in [1.807, 2.05) is 49.4 Å². The Balaban J connectivity index is 1.88. The number of rotatable bonds is 2. The summed E-state index contributed by atoms with van der Waals surface area (Å²) in [7, 11) is 1.42. The fourth-order valence-corrected chi connectivity index (χ4v) is 4.12. The Morgan fingerprint density at radius 3 is 2.64 bits per heavy atom. The molecule has 0 saturated carbocycles. The third-order valence-corrected chi connectivity index (χ3v) is 5.35. The lowest BCUT2D eigenvalue weighted by atomic mass is 9.91. The van der Waals surface area contributed by atoms with E-state index in [9.17, 15) is 4.79 Å². The van der Waals surface area contributed by atoms with Gasteiger partial charge in [0.15, 0.2) is 0 Å². The zero-order valence-electron chi connectivity index (χ0n) is 15.6. The summed E-state index contributed by atoms with van der Waals surface area (Å²) in [6.07, 6.45) is 0. The van der Waals surface area contributed by atoms with Crippen molar-refractivity contribution < 1.29 is 9.53 Å². The summed E-state index contributed by atoms with van der Waals surface area (Å²) >= 11 is 0. The Labute approximate surface area is 162 Å². The molecular formula is C23H19N3O2. The van der Waals surface area contributed by atoms with Gasteiger partial charge >= 0.3 is 5.97 Å². The number of carbonyl (C=O) groups excluding carboxylic acids is 1. The summed E-state index contributed by atoms with van der Waals surface area (Å²) in [6, 6.07) is 22.0. The van der Waals surface area contributed by atoms with Crippen LogP contribution in [0.3, 0.4) is 0 Å². The number of nitrogens with zero attached hydrogens (tertiary/aromatic N) is 2. The van der Waals surface area contributed by atoms with Crippen molar-refractivity contribution in [3.8, 4) is 0 Å². The molecule has 1 N–H and O–H groups in total. The van der Waals surface area contributed by atoms with Gasteiger partial charge in [0.1, 0.15) is 0 Å². The number of imidazole rings is 1. The number of anilines is 1. The number of hydrogen-bond donors (Lipinski definition) is 1. The zero-order valence-corrected chi connectivity index (χ0v) is 15.6. The number of ether oxygens (including phenoxy) is 1. The van der Waals surface area contributed by atoms with Gasteiger partial charge in [-0.05, 0) is 35.4 Å². The van der Waals surface area contributed by atoms with E-state index in [-0.39, 0.29) is 12.0 Å². The Hall–Kier alpha value is -3.60. The van der Waals surface area contributed by atoms with E-state index >= 15 is 0 Å². The molecular weight excluding hydrogens is 350 g/mol. The van der Waals surface area contributed by atoms with E-state index in [0.29, 0.717) is 5.57 Å². The lowest BCUT2D eigenvalue weighted by Crippen LogP contribution is -2.28. The molecule has 0 amide bonds. The summed E-state index contributed by atoms with van der Waals surface area (Å²) < 4.78 is 7.25. The molecule has 0 radical (unpaired) electrons. The molecule has 0 aliphatic carbocycles. The molecule has 1 aromatic heterocycles. The normalized spacial score (nSPS) is 16.1. The molecule has 1 aliphatic heterocycles. The Bertz CT molecular complexity index is 1260. The molecule has 1 aliphatic rings. The highest BCUT2D eigenvalue weighted by molar-refractivity contribution is 5.96. The Morgan fingerprint density at radius 1 is 1.04 bits per heavy atom. The predicted molar refractivity (Wildman–Crippen MR) is 110 cm³/mol. The summed E-state index contributed by atoms with van der Waals surface area (Å²) in [6.45, 7) is 1.90. The van der Waals surface area contributed by atoms with E-state index in [2.05, 4.69) is 34.1 Å². The highest BCUT2D eigenvalue weighted by atomic mass is 16.5. The van der Waals surface area contributed by atoms with Gasteiger partial charge in [0.2, 0.25) is 5.95 Å². The topological polar surface area (TPSA) is 56.1 Å². The monoisotopic (exact) mass is 369 g/mol. The molecule has 0 saturated heterocycles. The number of benzene rings is 3. The molecule has 1 unspecified atom stereocenters. The number of aromatic nitrogens is 2. The zero-order chi connectivity index (χ0) is 19.3. The van der Waals surface area contributed by atoms with Gasteiger partial charge in [-0.2, -0.15) is 0 Å². The summed E-state index contributed by atoms with van der Waals surface area (Å²) in [5.41, 5.74) is 4.25. The van der Waals surface area contributed by atoms with Crippen molar-refractivity contribution in [2.75, 3.05) is 12.4 Å². The standard InChI is InChI=1S/C23H19N3O2/c1-14-20(22(27)28-2)21(17-11-7-9-15-8-3-4-10-16(15)17)26-19-13-6-5-12-18(19)25-23(26)24-14/h3-13,21H,1-2H3,(H,24,25). The largest absolute Gasteiger partial charge is 0.466 e. The predicted octanol–water partition coefficient (Wildman–Crippen LogP) is 4.65. The van der Waals surface area contributed by atoms with Crippen LogP contribution in [0.4, 0.5) is 5.95 Å². The van der Waals surface area contributed by atoms with Crippen molar-refractivity contribution in [2.45, 2.75) is 13.0 Å². The first-order valence-corrected chi connectivity index (χ1v) is 9.20. The van der Waals surface area contributed by atoms with Crippen LogP contribution in [0.25, 0.3) is 21.8 Å². The molecule has 0 fully saturated rings. The lowest BCUT2D eigenvalue weighted by molar-refractivity contribution is -0.136. The molecule has 28 heavy (non-hydrogen) atoms. The van der Waals surface area contributed by atoms with E-state index in [0.717, 1.165) is 39.0 Å². The van der Waals surface area contributed by atoms with E-state index < -0.39 is 0 Å². The van der Waals surface area contributed by atoms with Crippen LogP contribution >= 0.6 is 0 Å². The van der Waals surface area contributed by atoms with E-state index in [1.165, 1.54) is 7.11 Å². The molecule has 4 aromatic rings. The van der Waals surface area contributed by atoms with Crippen LogP contribution in [0.2, 0.25) is 0 Å². The minimum absolute atomic E-state index is 0.331. The highest BCUT2D eigenvalue weighted by Crippen LogP contribution is 2.41. The third-order valence-electron chi connectivity index (χ3n) is 5.35. The van der Waals surface area contributed by atoms with Crippen LogP contribution in [-0.4, -0.2) is 22.6 Å². The SMILES string of the molecule is COC(=O)C1=C(C)Nc2nc3ccccc3n2C1c1cccc2ccccc12. The minimum atomic E-state index is -0.341. The first-order valence-electron chi connectivity index (χ1n) is 9.20. The molecule has 138 valence electrons. The van der Waals surface area contributed by atoms with Gasteiger partial charge in [0, 0.05) is 5.70 Å². The maximum atomic E-state index is 12.8. The van der Waals surface area contributed by atoms with E-state index in [1.54, 1.807) is 0 Å². The number of esters is 1. The fraction of sp³-hybridized carbons (Fsp3) is 0.130. The Kier molecular flexibility index (Phi) is 3.69. The quantitative estimate of drug-likeness (QED) is 0.523. The average molecular weight is 369 g/mol. The number of hydrogen-bond acceptors (Lipinski definition) is 4. The van der Waals surface area contributed by atoms with Crippen molar-refractivity contribution in [1.82, 2.24) is 9.55 Å². The number of carbonyl (C=O) groups is 1. The minimum Gasteiger partial charge on any atom is -0.466 e.